The van der Waals surface area contributed by atoms with E-state index in [2.05, 4.69) is 91.0 Å². The number of hydrogen-bond donors (Lipinski definition) is 0. The molecule has 0 N–H and O–H groups in total. The summed E-state index contributed by atoms with van der Waals surface area (Å²) in [7, 11) is -0.877. The van der Waals surface area contributed by atoms with Gasteiger partial charge in [-0.05, 0) is 0 Å². The van der Waals surface area contributed by atoms with Crippen LogP contribution in [0, 0.1) is 0 Å². The van der Waals surface area contributed by atoms with E-state index in [-0.39, 0.29) is 47.0 Å². The van der Waals surface area contributed by atoms with Crippen molar-refractivity contribution in [2.45, 2.75) is 0 Å². The van der Waals surface area contributed by atoms with Crippen LogP contribution in [0.4, 0.5) is 0 Å². The molecule has 0 saturated carbocycles. The molecule has 21 heavy (non-hydrogen) atoms. The van der Waals surface area contributed by atoms with Gasteiger partial charge in [0.2, 0.25) is 0 Å². The molecule has 3 rings (SSSR count). The first-order chi connectivity index (χ1) is 9.45. The number of hydrogen-bond acceptors (Lipinski definition) is 0. The smallest absolute Gasteiger partial charge is 1.00 e. The SMILES string of the molecule is [I-].[Mg+2].c1ccc([Si-](c2ccccc2)c2ccccc2)cc1. The Hall–Kier alpha value is -0.627. The van der Waals surface area contributed by atoms with Crippen LogP contribution in [-0.4, -0.2) is 31.8 Å². The number of rotatable bonds is 3. The summed E-state index contributed by atoms with van der Waals surface area (Å²) in [5.41, 5.74) is 0. The fourth-order valence-electron chi connectivity index (χ4n) is 2.31. The summed E-state index contributed by atoms with van der Waals surface area (Å²) in [5, 5.41) is 4.31. The van der Waals surface area contributed by atoms with Crippen molar-refractivity contribution < 1.29 is 24.0 Å². The van der Waals surface area contributed by atoms with Crippen molar-refractivity contribution >= 4 is 47.4 Å². The predicted molar refractivity (Wildman–Crippen MR) is 89.7 cm³/mol. The molecule has 0 spiro atoms. The minimum atomic E-state index is -0.877. The fourth-order valence-corrected chi connectivity index (χ4v) is 4.89. The van der Waals surface area contributed by atoms with E-state index in [4.69, 9.17) is 0 Å². The van der Waals surface area contributed by atoms with E-state index in [0.717, 1.165) is 0 Å². The molecule has 0 unspecified atom stereocenters. The van der Waals surface area contributed by atoms with Gasteiger partial charge in [0.15, 0.2) is 0 Å². The van der Waals surface area contributed by atoms with E-state index in [1.54, 1.807) is 0 Å². The van der Waals surface area contributed by atoms with E-state index >= 15 is 0 Å². The molecule has 0 saturated heterocycles. The second kappa shape index (κ2) is 9.40. The molecule has 3 aromatic rings. The van der Waals surface area contributed by atoms with Crippen LogP contribution in [0.3, 0.4) is 0 Å². The van der Waals surface area contributed by atoms with Crippen molar-refractivity contribution in [3.8, 4) is 0 Å². The van der Waals surface area contributed by atoms with Gasteiger partial charge >= 0.3 is 23.1 Å². The first-order valence-electron chi connectivity index (χ1n) is 6.48. The van der Waals surface area contributed by atoms with Crippen molar-refractivity contribution in [2.75, 3.05) is 0 Å². The van der Waals surface area contributed by atoms with E-state index in [9.17, 15) is 0 Å². The Bertz CT molecular complexity index is 535. The molecule has 0 heterocycles. The Labute approximate surface area is 161 Å². The van der Waals surface area contributed by atoms with Crippen molar-refractivity contribution in [1.82, 2.24) is 0 Å². The van der Waals surface area contributed by atoms with Crippen molar-refractivity contribution in [1.29, 1.82) is 0 Å². The summed E-state index contributed by atoms with van der Waals surface area (Å²) in [5.74, 6) is 0. The minimum Gasteiger partial charge on any atom is -1.00 e. The zero-order valence-corrected chi connectivity index (χ0v) is 16.3. The van der Waals surface area contributed by atoms with Gasteiger partial charge in [0.25, 0.3) is 0 Å². The molecular weight excluding hydrogens is 395 g/mol. The maximum atomic E-state index is 2.24. The molecule has 100 valence electrons. The molecular formula is C18H15IMgSi. The van der Waals surface area contributed by atoms with Gasteiger partial charge in [-0.1, -0.05) is 91.0 Å². The first-order valence-corrected chi connectivity index (χ1v) is 7.98. The number of benzene rings is 3. The second-order valence-electron chi connectivity index (χ2n) is 4.47. The van der Waals surface area contributed by atoms with Gasteiger partial charge in [0.1, 0.15) is 0 Å². The Morgan fingerprint density at radius 2 is 0.667 bits per heavy atom. The Morgan fingerprint density at radius 1 is 0.429 bits per heavy atom. The third kappa shape index (κ3) is 4.67. The molecule has 0 radical (unpaired) electrons. The van der Waals surface area contributed by atoms with Crippen LogP contribution >= 0.6 is 0 Å². The normalized spacial score (nSPS) is 9.14. The summed E-state index contributed by atoms with van der Waals surface area (Å²) in [4.78, 5) is 0. The Balaban J connectivity index is 0.00000110. The van der Waals surface area contributed by atoms with Gasteiger partial charge < -0.3 is 24.0 Å². The zero-order valence-electron chi connectivity index (χ0n) is 11.7. The maximum Gasteiger partial charge on any atom is 2.00 e. The minimum absolute atomic E-state index is 0. The van der Waals surface area contributed by atoms with Gasteiger partial charge in [0, 0.05) is 0 Å². The topological polar surface area (TPSA) is 0 Å². The second-order valence-corrected chi connectivity index (χ2v) is 6.96. The maximum absolute atomic E-state index is 2.24. The summed E-state index contributed by atoms with van der Waals surface area (Å²) in [6, 6.07) is 32.5. The van der Waals surface area contributed by atoms with Gasteiger partial charge in [-0.3, -0.25) is 0 Å². The molecule has 0 aromatic heterocycles. The molecule has 0 fully saturated rings. The monoisotopic (exact) mass is 410 g/mol. The first kappa shape index (κ1) is 18.4. The summed E-state index contributed by atoms with van der Waals surface area (Å²) < 4.78 is 0. The van der Waals surface area contributed by atoms with Crippen molar-refractivity contribution in [2.24, 2.45) is 0 Å². The van der Waals surface area contributed by atoms with Gasteiger partial charge in [0.05, 0.1) is 0 Å². The molecule has 0 amide bonds. The average Bonchev–Trinajstić information content (AvgIpc) is 2.51. The van der Waals surface area contributed by atoms with Crippen LogP contribution in [0.2, 0.25) is 0 Å². The Kier molecular flexibility index (Phi) is 8.25. The third-order valence-electron chi connectivity index (χ3n) is 3.19. The van der Waals surface area contributed by atoms with Crippen molar-refractivity contribution in [3.63, 3.8) is 0 Å². The van der Waals surface area contributed by atoms with Crippen LogP contribution in [0.5, 0.6) is 0 Å². The predicted octanol–water partition coefficient (Wildman–Crippen LogP) is -1.17. The summed E-state index contributed by atoms with van der Waals surface area (Å²) in [6.07, 6.45) is 0. The molecule has 0 nitrogen and oxygen atoms in total. The van der Waals surface area contributed by atoms with Crippen LogP contribution in [0.15, 0.2) is 91.0 Å². The van der Waals surface area contributed by atoms with Crippen LogP contribution in [0.1, 0.15) is 0 Å². The zero-order chi connectivity index (χ0) is 12.9. The molecule has 0 aliphatic heterocycles. The van der Waals surface area contributed by atoms with Gasteiger partial charge in [-0.25, -0.2) is 8.80 Å². The van der Waals surface area contributed by atoms with Crippen molar-refractivity contribution in [3.05, 3.63) is 91.0 Å². The summed E-state index contributed by atoms with van der Waals surface area (Å²) >= 11 is 0. The van der Waals surface area contributed by atoms with E-state index < -0.39 is 8.80 Å². The standard InChI is InChI=1S/C18H15Si.HI.Mg/c1-4-10-16(11-5-1)19(17-12-6-2-7-13-17)18-14-8-3-9-15-18;;/h1-15H;1H;/q-1;;+2/p-1. The van der Waals surface area contributed by atoms with E-state index in [1.807, 2.05) is 0 Å². The summed E-state index contributed by atoms with van der Waals surface area (Å²) in [6.45, 7) is 0. The largest absolute Gasteiger partial charge is 2.00 e. The van der Waals surface area contributed by atoms with Gasteiger partial charge in [-0.15, -0.1) is 0 Å². The molecule has 0 atom stereocenters. The quantitative estimate of drug-likeness (QED) is 0.290. The number of halogens is 1. The molecule has 0 aliphatic carbocycles. The van der Waals surface area contributed by atoms with E-state index in [1.165, 1.54) is 15.6 Å². The molecule has 0 bridgehead atoms. The van der Waals surface area contributed by atoms with Crippen LogP contribution in [-0.2, 0) is 0 Å². The fraction of sp³-hybridized carbons (Fsp3) is 0. The van der Waals surface area contributed by atoms with Crippen LogP contribution in [0.25, 0.3) is 0 Å². The molecule has 0 aliphatic rings. The average molecular weight is 411 g/mol. The third-order valence-corrected chi connectivity index (χ3v) is 5.92. The van der Waals surface area contributed by atoms with Crippen LogP contribution < -0.4 is 39.5 Å². The molecule has 3 heteroatoms. The van der Waals surface area contributed by atoms with E-state index in [0.29, 0.717) is 0 Å². The Morgan fingerprint density at radius 3 is 0.905 bits per heavy atom. The van der Waals surface area contributed by atoms with Gasteiger partial charge in [-0.2, -0.15) is 15.6 Å². The molecule has 3 aromatic carbocycles.